The summed E-state index contributed by atoms with van der Waals surface area (Å²) in [6.45, 7) is -0.0171. The first-order chi connectivity index (χ1) is 7.44. The van der Waals surface area contributed by atoms with E-state index in [1.165, 1.54) is 18.2 Å². The minimum Gasteiger partial charge on any atom is -0.258 e. The number of nitrogens with zero attached hydrogens (tertiary/aromatic N) is 1. The summed E-state index contributed by atoms with van der Waals surface area (Å²) in [5, 5.41) is 9.92. The minimum atomic E-state index is -3.51. The number of nitrogens with one attached hydrogen (secondary N) is 1. The molecule has 0 aliphatic rings. The number of rotatable bonds is 5. The van der Waals surface area contributed by atoms with Gasteiger partial charge in [0.05, 0.1) is 4.92 Å². The van der Waals surface area contributed by atoms with Crippen LogP contribution in [0.3, 0.4) is 0 Å². The standard InChI is InChI=1S/C8H9ClN2O4S/c9-6-16(14,15)10-5-7-2-1-3-8(4-7)11(12)13/h1-4,10H,5-6H2. The monoisotopic (exact) mass is 264 g/mol. The van der Waals surface area contributed by atoms with E-state index in [9.17, 15) is 18.5 Å². The number of halogens is 1. The fraction of sp³-hybridized carbons (Fsp3) is 0.250. The molecule has 0 unspecified atom stereocenters. The van der Waals surface area contributed by atoms with E-state index in [1.807, 2.05) is 0 Å². The van der Waals surface area contributed by atoms with Crippen molar-refractivity contribution in [1.29, 1.82) is 0 Å². The van der Waals surface area contributed by atoms with Gasteiger partial charge in [0.1, 0.15) is 5.21 Å². The van der Waals surface area contributed by atoms with Crippen molar-refractivity contribution < 1.29 is 13.3 Å². The van der Waals surface area contributed by atoms with Crippen LogP contribution < -0.4 is 4.72 Å². The van der Waals surface area contributed by atoms with Crippen LogP contribution in [0.25, 0.3) is 0 Å². The summed E-state index contributed by atoms with van der Waals surface area (Å²) in [5.74, 6) is 0. The van der Waals surface area contributed by atoms with Gasteiger partial charge in [-0.05, 0) is 5.56 Å². The van der Waals surface area contributed by atoms with Gasteiger partial charge in [0.15, 0.2) is 0 Å². The largest absolute Gasteiger partial charge is 0.269 e. The SMILES string of the molecule is O=[N+]([O-])c1cccc(CNS(=O)(=O)CCl)c1. The lowest BCUT2D eigenvalue weighted by atomic mass is 10.2. The average Bonchev–Trinajstić information content (AvgIpc) is 2.27. The lowest BCUT2D eigenvalue weighted by Gasteiger charge is -2.03. The molecule has 0 radical (unpaired) electrons. The molecule has 8 heteroatoms. The summed E-state index contributed by atoms with van der Waals surface area (Å²) < 4.78 is 24.2. The van der Waals surface area contributed by atoms with Gasteiger partial charge in [-0.3, -0.25) is 10.1 Å². The van der Waals surface area contributed by atoms with E-state index in [2.05, 4.69) is 4.72 Å². The maximum Gasteiger partial charge on any atom is 0.269 e. The molecule has 1 aromatic carbocycles. The molecular formula is C8H9ClN2O4S. The van der Waals surface area contributed by atoms with Crippen molar-refractivity contribution >= 4 is 27.3 Å². The summed E-state index contributed by atoms with van der Waals surface area (Å²) in [6, 6.07) is 5.71. The number of benzene rings is 1. The number of nitro benzene ring substituents is 1. The molecule has 0 saturated carbocycles. The third-order valence-corrected chi connectivity index (χ3v) is 3.49. The smallest absolute Gasteiger partial charge is 0.258 e. The van der Waals surface area contributed by atoms with Crippen molar-refractivity contribution in [2.45, 2.75) is 6.54 Å². The zero-order valence-electron chi connectivity index (χ0n) is 8.09. The maximum atomic E-state index is 11.0. The van der Waals surface area contributed by atoms with Crippen molar-refractivity contribution in [2.75, 3.05) is 5.21 Å². The topological polar surface area (TPSA) is 89.3 Å². The van der Waals surface area contributed by atoms with Gasteiger partial charge in [0, 0.05) is 18.7 Å². The molecule has 0 spiro atoms. The van der Waals surface area contributed by atoms with Crippen molar-refractivity contribution in [3.8, 4) is 0 Å². The Kier molecular flexibility index (Phi) is 4.22. The summed E-state index contributed by atoms with van der Waals surface area (Å²) in [5.41, 5.74) is 0.422. The van der Waals surface area contributed by atoms with Crippen LogP contribution in [0.1, 0.15) is 5.56 Å². The van der Waals surface area contributed by atoms with E-state index in [1.54, 1.807) is 6.07 Å². The lowest BCUT2D eigenvalue weighted by molar-refractivity contribution is -0.384. The van der Waals surface area contributed by atoms with Gasteiger partial charge in [-0.1, -0.05) is 12.1 Å². The number of hydrogen-bond acceptors (Lipinski definition) is 4. The second kappa shape index (κ2) is 5.24. The number of hydrogen-bond donors (Lipinski definition) is 1. The van der Waals surface area contributed by atoms with Crippen LogP contribution in [0.15, 0.2) is 24.3 Å². The van der Waals surface area contributed by atoms with Gasteiger partial charge in [-0.15, -0.1) is 11.6 Å². The Balaban J connectivity index is 2.75. The molecule has 0 heterocycles. The molecule has 16 heavy (non-hydrogen) atoms. The summed E-state index contributed by atoms with van der Waals surface area (Å²) in [4.78, 5) is 9.91. The summed E-state index contributed by atoms with van der Waals surface area (Å²) >= 11 is 5.18. The van der Waals surface area contributed by atoms with Gasteiger partial charge >= 0.3 is 0 Å². The van der Waals surface area contributed by atoms with Gasteiger partial charge in [0.2, 0.25) is 10.0 Å². The third-order valence-electron chi connectivity index (χ3n) is 1.76. The van der Waals surface area contributed by atoms with Crippen LogP contribution in [0, 0.1) is 10.1 Å². The number of sulfonamides is 1. The third kappa shape index (κ3) is 3.76. The molecule has 0 aliphatic carbocycles. The first-order valence-corrected chi connectivity index (χ1v) is 6.40. The Labute approximate surface area is 97.4 Å². The maximum absolute atomic E-state index is 11.0. The molecule has 6 nitrogen and oxygen atoms in total. The normalized spacial score (nSPS) is 11.3. The fourth-order valence-corrected chi connectivity index (χ4v) is 1.71. The molecule has 0 aliphatic heterocycles. The summed E-state index contributed by atoms with van der Waals surface area (Å²) in [7, 11) is -3.51. The van der Waals surface area contributed by atoms with Gasteiger partial charge in [-0.2, -0.15) is 0 Å². The van der Waals surface area contributed by atoms with Gasteiger partial charge in [-0.25, -0.2) is 13.1 Å². The molecule has 1 N–H and O–H groups in total. The van der Waals surface area contributed by atoms with Crippen LogP contribution in [-0.4, -0.2) is 18.6 Å². The lowest BCUT2D eigenvalue weighted by Crippen LogP contribution is -2.23. The van der Waals surface area contributed by atoms with Crippen LogP contribution in [0.4, 0.5) is 5.69 Å². The Morgan fingerprint density at radius 2 is 2.12 bits per heavy atom. The molecule has 1 aromatic rings. The second-order valence-corrected chi connectivity index (χ2v) is 5.36. The van der Waals surface area contributed by atoms with Crippen molar-refractivity contribution in [1.82, 2.24) is 4.72 Å². The molecule has 1 rings (SSSR count). The molecule has 0 saturated heterocycles. The highest BCUT2D eigenvalue weighted by Crippen LogP contribution is 2.12. The quantitative estimate of drug-likeness (QED) is 0.492. The first kappa shape index (κ1) is 12.9. The highest BCUT2D eigenvalue weighted by atomic mass is 35.5. The minimum absolute atomic E-state index is 0.0171. The van der Waals surface area contributed by atoms with Gasteiger partial charge < -0.3 is 0 Å². The van der Waals surface area contributed by atoms with E-state index < -0.39 is 20.2 Å². The van der Waals surface area contributed by atoms with E-state index in [0.717, 1.165) is 0 Å². The predicted molar refractivity (Wildman–Crippen MR) is 59.6 cm³/mol. The van der Waals surface area contributed by atoms with Crippen LogP contribution in [0.5, 0.6) is 0 Å². The van der Waals surface area contributed by atoms with Crippen molar-refractivity contribution in [3.05, 3.63) is 39.9 Å². The summed E-state index contributed by atoms with van der Waals surface area (Å²) in [6.07, 6.45) is 0. The highest BCUT2D eigenvalue weighted by Gasteiger charge is 2.09. The van der Waals surface area contributed by atoms with E-state index in [4.69, 9.17) is 11.6 Å². The molecule has 0 aromatic heterocycles. The van der Waals surface area contributed by atoms with E-state index in [0.29, 0.717) is 5.56 Å². The Bertz CT molecular complexity index is 489. The average molecular weight is 265 g/mol. The highest BCUT2D eigenvalue weighted by molar-refractivity contribution is 7.90. The second-order valence-electron chi connectivity index (χ2n) is 2.97. The molecule has 0 bridgehead atoms. The Morgan fingerprint density at radius 1 is 1.44 bits per heavy atom. The molecular weight excluding hydrogens is 256 g/mol. The van der Waals surface area contributed by atoms with E-state index in [-0.39, 0.29) is 12.2 Å². The van der Waals surface area contributed by atoms with E-state index >= 15 is 0 Å². The zero-order chi connectivity index (χ0) is 12.2. The van der Waals surface area contributed by atoms with Crippen molar-refractivity contribution in [2.24, 2.45) is 0 Å². The number of non-ortho nitro benzene ring substituents is 1. The molecule has 88 valence electrons. The first-order valence-electron chi connectivity index (χ1n) is 4.21. The molecule has 0 amide bonds. The van der Waals surface area contributed by atoms with Gasteiger partial charge in [0.25, 0.3) is 5.69 Å². The molecule has 0 atom stereocenters. The Hall–Kier alpha value is -1.18. The zero-order valence-corrected chi connectivity index (χ0v) is 9.66. The number of nitro groups is 1. The Morgan fingerprint density at radius 3 is 2.69 bits per heavy atom. The number of alkyl halides is 1. The fourth-order valence-electron chi connectivity index (χ4n) is 1.01. The van der Waals surface area contributed by atoms with Crippen molar-refractivity contribution in [3.63, 3.8) is 0 Å². The molecule has 0 fully saturated rings. The van der Waals surface area contributed by atoms with Crippen LogP contribution in [0.2, 0.25) is 0 Å². The predicted octanol–water partition coefficient (Wildman–Crippen LogP) is 1.21. The van der Waals surface area contributed by atoms with Crippen LogP contribution >= 0.6 is 11.6 Å². The van der Waals surface area contributed by atoms with Crippen LogP contribution in [-0.2, 0) is 16.6 Å².